The van der Waals surface area contributed by atoms with E-state index in [0.29, 0.717) is 11.3 Å². The third kappa shape index (κ3) is 2.24. The van der Waals surface area contributed by atoms with Crippen LogP contribution < -0.4 is 0 Å². The summed E-state index contributed by atoms with van der Waals surface area (Å²) in [5.41, 5.74) is 2.10. The van der Waals surface area contributed by atoms with Crippen molar-refractivity contribution in [3.63, 3.8) is 0 Å². The maximum atomic E-state index is 9.43. The summed E-state index contributed by atoms with van der Waals surface area (Å²) >= 11 is 3.12. The Labute approximate surface area is 124 Å². The van der Waals surface area contributed by atoms with Crippen LogP contribution >= 0.6 is 23.1 Å². The standard InChI is InChI=1S/C15H10N2OS2/c1-19-14-8-11(12-4-2-6-18-12)17-15(10(14)9-16)13-5-3-7-20-13/h2-8H,1H3. The van der Waals surface area contributed by atoms with Crippen LogP contribution in [0.4, 0.5) is 0 Å². The number of hydrogen-bond acceptors (Lipinski definition) is 5. The summed E-state index contributed by atoms with van der Waals surface area (Å²) in [5, 5.41) is 11.4. The summed E-state index contributed by atoms with van der Waals surface area (Å²) in [6.07, 6.45) is 3.58. The molecule has 0 atom stereocenters. The van der Waals surface area contributed by atoms with E-state index < -0.39 is 0 Å². The van der Waals surface area contributed by atoms with E-state index in [4.69, 9.17) is 4.42 Å². The second kappa shape index (κ2) is 5.53. The zero-order chi connectivity index (χ0) is 13.9. The van der Waals surface area contributed by atoms with Crippen LogP contribution in [0.15, 0.2) is 51.3 Å². The average molecular weight is 298 g/mol. The van der Waals surface area contributed by atoms with Gasteiger partial charge in [0.2, 0.25) is 0 Å². The molecule has 0 fully saturated rings. The smallest absolute Gasteiger partial charge is 0.152 e. The van der Waals surface area contributed by atoms with Gasteiger partial charge < -0.3 is 4.42 Å². The first-order valence-electron chi connectivity index (χ1n) is 5.90. The van der Waals surface area contributed by atoms with E-state index in [1.807, 2.05) is 42.0 Å². The van der Waals surface area contributed by atoms with Crippen LogP contribution in [0, 0.1) is 11.3 Å². The number of thiophene rings is 1. The van der Waals surface area contributed by atoms with Crippen LogP contribution in [-0.2, 0) is 0 Å². The third-order valence-electron chi connectivity index (χ3n) is 2.84. The van der Waals surface area contributed by atoms with Gasteiger partial charge in [0.25, 0.3) is 0 Å². The lowest BCUT2D eigenvalue weighted by Crippen LogP contribution is -1.93. The molecule has 0 amide bonds. The van der Waals surface area contributed by atoms with Gasteiger partial charge in [0.1, 0.15) is 11.8 Å². The fraction of sp³-hybridized carbons (Fsp3) is 0.0667. The minimum atomic E-state index is 0.621. The molecule has 0 unspecified atom stereocenters. The molecule has 0 bridgehead atoms. The Hall–Kier alpha value is -2.03. The van der Waals surface area contributed by atoms with Gasteiger partial charge in [-0.25, -0.2) is 4.98 Å². The van der Waals surface area contributed by atoms with Crippen molar-refractivity contribution >= 4 is 23.1 Å². The molecule has 0 aliphatic heterocycles. The first kappa shape index (κ1) is 13.0. The zero-order valence-corrected chi connectivity index (χ0v) is 12.3. The molecule has 0 N–H and O–H groups in total. The van der Waals surface area contributed by atoms with E-state index in [0.717, 1.165) is 21.2 Å². The number of nitrogens with zero attached hydrogens (tertiary/aromatic N) is 2. The minimum Gasteiger partial charge on any atom is -0.463 e. The highest BCUT2D eigenvalue weighted by Gasteiger charge is 2.16. The Balaban J connectivity index is 2.26. The molecule has 3 aromatic rings. The molecular formula is C15H10N2OS2. The van der Waals surface area contributed by atoms with Crippen LogP contribution in [0.2, 0.25) is 0 Å². The fourth-order valence-electron chi connectivity index (χ4n) is 1.93. The molecular weight excluding hydrogens is 288 g/mol. The third-order valence-corrected chi connectivity index (χ3v) is 4.48. The van der Waals surface area contributed by atoms with E-state index in [-0.39, 0.29) is 0 Å². The summed E-state index contributed by atoms with van der Waals surface area (Å²) in [7, 11) is 0. The molecule has 5 heteroatoms. The number of nitriles is 1. The lowest BCUT2D eigenvalue weighted by atomic mass is 10.1. The molecule has 98 valence electrons. The molecule has 3 nitrogen and oxygen atoms in total. The van der Waals surface area contributed by atoms with Crippen LogP contribution in [0.5, 0.6) is 0 Å². The van der Waals surface area contributed by atoms with Gasteiger partial charge in [-0.05, 0) is 35.9 Å². The monoisotopic (exact) mass is 298 g/mol. The first-order valence-corrected chi connectivity index (χ1v) is 8.01. The van der Waals surface area contributed by atoms with Crippen molar-refractivity contribution < 1.29 is 4.42 Å². The molecule has 3 heterocycles. The Kier molecular flexibility index (Phi) is 3.59. The molecule has 3 rings (SSSR count). The van der Waals surface area contributed by atoms with Gasteiger partial charge >= 0.3 is 0 Å². The van der Waals surface area contributed by atoms with Crippen LogP contribution in [0.25, 0.3) is 22.0 Å². The van der Waals surface area contributed by atoms with Gasteiger partial charge in [-0.15, -0.1) is 23.1 Å². The van der Waals surface area contributed by atoms with Crippen molar-refractivity contribution in [1.29, 1.82) is 5.26 Å². The highest BCUT2D eigenvalue weighted by atomic mass is 32.2. The predicted molar refractivity (Wildman–Crippen MR) is 81.7 cm³/mol. The largest absolute Gasteiger partial charge is 0.463 e. The van der Waals surface area contributed by atoms with Gasteiger partial charge in [-0.1, -0.05) is 6.07 Å². The topological polar surface area (TPSA) is 49.8 Å². The Morgan fingerprint density at radius 1 is 1.35 bits per heavy atom. The van der Waals surface area contributed by atoms with E-state index in [1.54, 1.807) is 29.4 Å². The summed E-state index contributed by atoms with van der Waals surface area (Å²) < 4.78 is 5.41. The van der Waals surface area contributed by atoms with Crippen molar-refractivity contribution in [3.05, 3.63) is 47.5 Å². The fourth-order valence-corrected chi connectivity index (χ4v) is 3.23. The van der Waals surface area contributed by atoms with Crippen LogP contribution in [-0.4, -0.2) is 11.2 Å². The highest BCUT2D eigenvalue weighted by molar-refractivity contribution is 7.98. The highest BCUT2D eigenvalue weighted by Crippen LogP contribution is 2.34. The maximum absolute atomic E-state index is 9.43. The number of furan rings is 1. The molecule has 0 aliphatic carbocycles. The lowest BCUT2D eigenvalue weighted by Gasteiger charge is -2.08. The maximum Gasteiger partial charge on any atom is 0.152 e. The van der Waals surface area contributed by atoms with Crippen molar-refractivity contribution in [1.82, 2.24) is 4.98 Å². The molecule has 0 aliphatic rings. The van der Waals surface area contributed by atoms with Gasteiger partial charge in [-0.2, -0.15) is 5.26 Å². The molecule has 0 aromatic carbocycles. The quantitative estimate of drug-likeness (QED) is 0.660. The van der Waals surface area contributed by atoms with Crippen molar-refractivity contribution in [2.24, 2.45) is 0 Å². The molecule has 0 spiro atoms. The average Bonchev–Trinajstić information content (AvgIpc) is 3.18. The summed E-state index contributed by atoms with van der Waals surface area (Å²) in [6, 6.07) is 11.8. The Bertz CT molecular complexity index is 756. The summed E-state index contributed by atoms with van der Waals surface area (Å²) in [4.78, 5) is 6.52. The Morgan fingerprint density at radius 3 is 2.85 bits per heavy atom. The lowest BCUT2D eigenvalue weighted by molar-refractivity contribution is 0.580. The second-order valence-electron chi connectivity index (χ2n) is 4.00. The zero-order valence-electron chi connectivity index (χ0n) is 10.7. The van der Waals surface area contributed by atoms with Crippen LogP contribution in [0.1, 0.15) is 5.56 Å². The van der Waals surface area contributed by atoms with Gasteiger partial charge in [0.05, 0.1) is 22.4 Å². The number of pyridine rings is 1. The van der Waals surface area contributed by atoms with E-state index >= 15 is 0 Å². The van der Waals surface area contributed by atoms with Gasteiger partial charge in [0.15, 0.2) is 5.76 Å². The molecule has 20 heavy (non-hydrogen) atoms. The number of rotatable bonds is 3. The minimum absolute atomic E-state index is 0.621. The Morgan fingerprint density at radius 2 is 2.25 bits per heavy atom. The number of thioether (sulfide) groups is 1. The molecule has 3 aromatic heterocycles. The SMILES string of the molecule is CSc1cc(-c2ccco2)nc(-c2cccs2)c1C#N. The van der Waals surface area contributed by atoms with Crippen molar-refractivity contribution in [3.8, 4) is 28.1 Å². The summed E-state index contributed by atoms with van der Waals surface area (Å²) in [5.74, 6) is 0.711. The molecule has 0 saturated carbocycles. The van der Waals surface area contributed by atoms with Gasteiger partial charge in [0, 0.05) is 4.90 Å². The normalized spacial score (nSPS) is 10.4. The van der Waals surface area contributed by atoms with E-state index in [2.05, 4.69) is 11.1 Å². The van der Waals surface area contributed by atoms with E-state index in [1.165, 1.54) is 0 Å². The summed E-state index contributed by atoms with van der Waals surface area (Å²) in [6.45, 7) is 0. The van der Waals surface area contributed by atoms with Gasteiger partial charge in [-0.3, -0.25) is 0 Å². The van der Waals surface area contributed by atoms with Crippen molar-refractivity contribution in [2.45, 2.75) is 4.90 Å². The second-order valence-corrected chi connectivity index (χ2v) is 5.80. The first-order chi connectivity index (χ1) is 9.83. The van der Waals surface area contributed by atoms with E-state index in [9.17, 15) is 5.26 Å². The molecule has 0 saturated heterocycles. The molecule has 0 radical (unpaired) electrons. The van der Waals surface area contributed by atoms with Crippen molar-refractivity contribution in [2.75, 3.05) is 6.26 Å². The predicted octanol–water partition coefficient (Wildman–Crippen LogP) is 4.66. The van der Waals surface area contributed by atoms with Crippen LogP contribution in [0.3, 0.4) is 0 Å². The number of hydrogen-bond donors (Lipinski definition) is 0. The number of aromatic nitrogens is 1.